The van der Waals surface area contributed by atoms with E-state index in [-0.39, 0.29) is 0 Å². The molecule has 0 bridgehead atoms. The number of rotatable bonds is 5. The van der Waals surface area contributed by atoms with Crippen LogP contribution in [-0.2, 0) is 11.8 Å². The number of thiophene rings is 1. The average molecular weight is 408 g/mol. The monoisotopic (exact) mass is 408 g/mol. The standard InChI is InChI=1S/C19H16N6O3S/c1-24-10-12(8-21-24)15-7-14(17(29-15)19(27)28-2)23-18(26)13-9-22-25(11-13)16-5-3-4-6-20-16/h3-11H,1-2H3,(H,23,26). The average Bonchev–Trinajstić information content (AvgIpc) is 3.47. The lowest BCUT2D eigenvalue weighted by Gasteiger charge is -2.03. The number of pyridine rings is 1. The first kappa shape index (κ1) is 18.6. The molecule has 4 aromatic heterocycles. The molecule has 0 fully saturated rings. The van der Waals surface area contributed by atoms with Crippen LogP contribution in [0.4, 0.5) is 5.69 Å². The fourth-order valence-corrected chi connectivity index (χ4v) is 3.67. The number of nitrogens with one attached hydrogen (secondary N) is 1. The SMILES string of the molecule is COC(=O)c1sc(-c2cnn(C)c2)cc1NC(=O)c1cnn(-c2ccccn2)c1. The number of nitrogens with zero attached hydrogens (tertiary/aromatic N) is 5. The van der Waals surface area contributed by atoms with Crippen molar-refractivity contribution in [1.29, 1.82) is 0 Å². The van der Waals surface area contributed by atoms with Gasteiger partial charge in [0.15, 0.2) is 5.82 Å². The lowest BCUT2D eigenvalue weighted by Crippen LogP contribution is -2.13. The summed E-state index contributed by atoms with van der Waals surface area (Å²) in [5.41, 5.74) is 1.54. The van der Waals surface area contributed by atoms with Crippen LogP contribution in [0, 0.1) is 0 Å². The van der Waals surface area contributed by atoms with Crippen LogP contribution in [-0.4, -0.2) is 43.5 Å². The van der Waals surface area contributed by atoms with Crippen molar-refractivity contribution in [1.82, 2.24) is 24.5 Å². The van der Waals surface area contributed by atoms with Gasteiger partial charge in [-0.2, -0.15) is 10.2 Å². The van der Waals surface area contributed by atoms with E-state index in [0.29, 0.717) is 21.9 Å². The highest BCUT2D eigenvalue weighted by Crippen LogP contribution is 2.35. The summed E-state index contributed by atoms with van der Waals surface area (Å²) >= 11 is 1.22. The van der Waals surface area contributed by atoms with Crippen molar-refractivity contribution in [3.63, 3.8) is 0 Å². The third-order valence-corrected chi connectivity index (χ3v) is 5.23. The van der Waals surface area contributed by atoms with E-state index in [1.807, 2.05) is 12.3 Å². The summed E-state index contributed by atoms with van der Waals surface area (Å²) < 4.78 is 8.02. The molecule has 0 saturated carbocycles. The van der Waals surface area contributed by atoms with Crippen LogP contribution < -0.4 is 5.32 Å². The van der Waals surface area contributed by atoms with Gasteiger partial charge in [0.1, 0.15) is 4.88 Å². The van der Waals surface area contributed by atoms with E-state index >= 15 is 0 Å². The summed E-state index contributed by atoms with van der Waals surface area (Å²) in [5, 5.41) is 11.1. The topological polar surface area (TPSA) is 104 Å². The zero-order valence-electron chi connectivity index (χ0n) is 15.6. The number of anilines is 1. The largest absolute Gasteiger partial charge is 0.465 e. The number of carbonyl (C=O) groups is 2. The zero-order chi connectivity index (χ0) is 20.4. The molecule has 1 N–H and O–H groups in total. The maximum absolute atomic E-state index is 12.7. The number of hydrogen-bond donors (Lipinski definition) is 1. The van der Waals surface area contributed by atoms with E-state index in [9.17, 15) is 9.59 Å². The van der Waals surface area contributed by atoms with E-state index in [0.717, 1.165) is 10.4 Å². The highest BCUT2D eigenvalue weighted by Gasteiger charge is 2.21. The smallest absolute Gasteiger partial charge is 0.350 e. The Labute approximate surface area is 169 Å². The van der Waals surface area contributed by atoms with Gasteiger partial charge >= 0.3 is 5.97 Å². The van der Waals surface area contributed by atoms with Gasteiger partial charge in [0.2, 0.25) is 0 Å². The molecule has 0 aromatic carbocycles. The fourth-order valence-electron chi connectivity index (χ4n) is 2.67. The Morgan fingerprint density at radius 2 is 2.03 bits per heavy atom. The van der Waals surface area contributed by atoms with Crippen LogP contribution >= 0.6 is 11.3 Å². The molecule has 0 aliphatic rings. The minimum atomic E-state index is -0.523. The Hall–Kier alpha value is -3.79. The second-order valence-electron chi connectivity index (χ2n) is 6.06. The third kappa shape index (κ3) is 3.78. The van der Waals surface area contributed by atoms with Crippen molar-refractivity contribution < 1.29 is 14.3 Å². The van der Waals surface area contributed by atoms with Crippen LogP contribution in [0.5, 0.6) is 0 Å². The number of hydrogen-bond acceptors (Lipinski definition) is 7. The zero-order valence-corrected chi connectivity index (χ0v) is 16.4. The first-order chi connectivity index (χ1) is 14.0. The van der Waals surface area contributed by atoms with Crippen LogP contribution in [0.2, 0.25) is 0 Å². The van der Waals surface area contributed by atoms with Gasteiger partial charge in [-0.05, 0) is 18.2 Å². The maximum atomic E-state index is 12.7. The molecule has 4 aromatic rings. The van der Waals surface area contributed by atoms with E-state index in [2.05, 4.69) is 20.5 Å². The molecule has 0 unspecified atom stereocenters. The lowest BCUT2D eigenvalue weighted by molar-refractivity contribution is 0.0607. The molecule has 146 valence electrons. The molecular weight excluding hydrogens is 392 g/mol. The van der Waals surface area contributed by atoms with Crippen LogP contribution in [0.1, 0.15) is 20.0 Å². The van der Waals surface area contributed by atoms with Gasteiger partial charge < -0.3 is 10.1 Å². The minimum Gasteiger partial charge on any atom is -0.465 e. The molecule has 10 heteroatoms. The number of aromatic nitrogens is 5. The van der Waals surface area contributed by atoms with Crippen molar-refractivity contribution in [3.8, 4) is 16.3 Å². The number of amides is 1. The molecule has 9 nitrogen and oxygen atoms in total. The number of ether oxygens (including phenoxy) is 1. The Morgan fingerprint density at radius 1 is 1.17 bits per heavy atom. The Morgan fingerprint density at radius 3 is 2.72 bits per heavy atom. The third-order valence-electron chi connectivity index (χ3n) is 4.07. The minimum absolute atomic E-state index is 0.303. The molecular formula is C19H16N6O3S. The van der Waals surface area contributed by atoms with Gasteiger partial charge in [-0.15, -0.1) is 11.3 Å². The van der Waals surface area contributed by atoms with E-state index in [4.69, 9.17) is 4.74 Å². The van der Waals surface area contributed by atoms with Crippen molar-refractivity contribution >= 4 is 28.9 Å². The van der Waals surface area contributed by atoms with E-state index < -0.39 is 11.9 Å². The first-order valence-corrected chi connectivity index (χ1v) is 9.35. The lowest BCUT2D eigenvalue weighted by atomic mass is 10.2. The van der Waals surface area contributed by atoms with Crippen molar-refractivity contribution in [3.05, 3.63) is 65.7 Å². The molecule has 0 saturated heterocycles. The Kier molecular flexibility index (Phi) is 4.92. The summed E-state index contributed by atoms with van der Waals surface area (Å²) in [4.78, 5) is 30.2. The summed E-state index contributed by atoms with van der Waals surface area (Å²) in [5.74, 6) is -0.325. The van der Waals surface area contributed by atoms with Crippen molar-refractivity contribution in [2.75, 3.05) is 12.4 Å². The van der Waals surface area contributed by atoms with E-state index in [1.54, 1.807) is 48.5 Å². The predicted octanol–water partition coefficient (Wildman–Crippen LogP) is 2.77. The van der Waals surface area contributed by atoms with Gasteiger partial charge in [-0.1, -0.05) is 6.07 Å². The van der Waals surface area contributed by atoms with Crippen LogP contribution in [0.3, 0.4) is 0 Å². The van der Waals surface area contributed by atoms with Gasteiger partial charge in [0.05, 0.1) is 30.8 Å². The highest BCUT2D eigenvalue weighted by atomic mass is 32.1. The molecule has 0 spiro atoms. The maximum Gasteiger partial charge on any atom is 0.350 e. The quantitative estimate of drug-likeness (QED) is 0.509. The Bertz CT molecular complexity index is 1180. The highest BCUT2D eigenvalue weighted by molar-refractivity contribution is 7.18. The van der Waals surface area contributed by atoms with Gasteiger partial charge in [-0.25, -0.2) is 14.5 Å². The van der Waals surface area contributed by atoms with Crippen molar-refractivity contribution in [2.45, 2.75) is 0 Å². The molecule has 4 rings (SSSR count). The number of carbonyl (C=O) groups excluding carboxylic acids is 2. The van der Waals surface area contributed by atoms with E-state index in [1.165, 1.54) is 29.3 Å². The van der Waals surface area contributed by atoms with Gasteiger partial charge in [-0.3, -0.25) is 9.48 Å². The predicted molar refractivity (Wildman–Crippen MR) is 107 cm³/mol. The molecule has 1 amide bonds. The first-order valence-electron chi connectivity index (χ1n) is 8.54. The van der Waals surface area contributed by atoms with Crippen molar-refractivity contribution in [2.24, 2.45) is 7.05 Å². The molecule has 29 heavy (non-hydrogen) atoms. The molecule has 0 radical (unpaired) electrons. The summed E-state index contributed by atoms with van der Waals surface area (Å²) in [6.45, 7) is 0. The molecule has 4 heterocycles. The fraction of sp³-hybridized carbons (Fsp3) is 0.105. The van der Waals surface area contributed by atoms with Gasteiger partial charge in [0.25, 0.3) is 5.91 Å². The molecule has 0 aliphatic heterocycles. The summed E-state index contributed by atoms with van der Waals surface area (Å²) in [6, 6.07) is 7.14. The Balaban J connectivity index is 1.61. The molecule has 0 aliphatic carbocycles. The summed E-state index contributed by atoms with van der Waals surface area (Å²) in [6.07, 6.45) is 8.18. The molecule has 0 atom stereocenters. The van der Waals surface area contributed by atoms with Crippen LogP contribution in [0.25, 0.3) is 16.3 Å². The number of aryl methyl sites for hydroxylation is 1. The van der Waals surface area contributed by atoms with Gasteiger partial charge in [0, 0.05) is 36.1 Å². The number of methoxy groups -OCH3 is 1. The normalized spacial score (nSPS) is 10.7. The summed E-state index contributed by atoms with van der Waals surface area (Å²) in [7, 11) is 3.11. The van der Waals surface area contributed by atoms with Crippen LogP contribution in [0.15, 0.2) is 55.2 Å². The second-order valence-corrected chi connectivity index (χ2v) is 7.12. The number of esters is 1. The second kappa shape index (κ2) is 7.68.